The summed E-state index contributed by atoms with van der Waals surface area (Å²) in [6, 6.07) is 0.857. The molecule has 2 nitrogen and oxygen atoms in total. The summed E-state index contributed by atoms with van der Waals surface area (Å²) in [7, 11) is 1.82. The van der Waals surface area contributed by atoms with Crippen LogP contribution in [-0.4, -0.2) is 43.5 Å². The Morgan fingerprint density at radius 1 is 1.38 bits per heavy atom. The highest BCUT2D eigenvalue weighted by molar-refractivity contribution is 4.82. The van der Waals surface area contributed by atoms with Crippen LogP contribution in [0.1, 0.15) is 39.0 Å². The van der Waals surface area contributed by atoms with Crippen LogP contribution < -0.4 is 5.32 Å². The minimum absolute atomic E-state index is 0.0921. The number of hydrogen-bond donors (Lipinski definition) is 1. The number of rotatable bonds is 6. The van der Waals surface area contributed by atoms with Crippen molar-refractivity contribution in [2.75, 3.05) is 20.1 Å². The fourth-order valence-corrected chi connectivity index (χ4v) is 2.46. The Labute approximate surface area is 97.4 Å². The summed E-state index contributed by atoms with van der Waals surface area (Å²) in [5.74, 6) is 0. The van der Waals surface area contributed by atoms with Crippen LogP contribution >= 0.6 is 0 Å². The lowest BCUT2D eigenvalue weighted by Gasteiger charge is -2.35. The van der Waals surface area contributed by atoms with Gasteiger partial charge >= 0.3 is 0 Å². The van der Waals surface area contributed by atoms with Crippen LogP contribution in [0.5, 0.6) is 0 Å². The second-order valence-corrected chi connectivity index (χ2v) is 4.80. The molecule has 0 saturated heterocycles. The maximum absolute atomic E-state index is 12.3. The van der Waals surface area contributed by atoms with Gasteiger partial charge in [-0.1, -0.05) is 13.3 Å². The van der Waals surface area contributed by atoms with Crippen molar-refractivity contribution in [3.63, 3.8) is 0 Å². The van der Waals surface area contributed by atoms with E-state index < -0.39 is 6.43 Å². The number of alkyl halides is 2. The maximum Gasteiger partial charge on any atom is 0.251 e. The summed E-state index contributed by atoms with van der Waals surface area (Å²) in [5.41, 5.74) is 0. The summed E-state index contributed by atoms with van der Waals surface area (Å²) in [4.78, 5) is 1.82. The van der Waals surface area contributed by atoms with Crippen molar-refractivity contribution in [1.82, 2.24) is 10.2 Å². The molecular formula is C12H24F2N2. The van der Waals surface area contributed by atoms with E-state index in [-0.39, 0.29) is 6.54 Å². The van der Waals surface area contributed by atoms with Gasteiger partial charge in [0, 0.05) is 12.1 Å². The molecule has 1 saturated carbocycles. The van der Waals surface area contributed by atoms with Gasteiger partial charge in [-0.2, -0.15) is 0 Å². The first-order valence-corrected chi connectivity index (χ1v) is 6.35. The Bertz CT molecular complexity index is 188. The quantitative estimate of drug-likeness (QED) is 0.759. The first-order chi connectivity index (χ1) is 7.63. The topological polar surface area (TPSA) is 15.3 Å². The lowest BCUT2D eigenvalue weighted by atomic mass is 9.90. The fourth-order valence-electron chi connectivity index (χ4n) is 2.46. The fraction of sp³-hybridized carbons (Fsp3) is 1.00. The molecule has 0 bridgehead atoms. The highest BCUT2D eigenvalue weighted by atomic mass is 19.3. The number of nitrogens with one attached hydrogen (secondary N) is 1. The largest absolute Gasteiger partial charge is 0.314 e. The van der Waals surface area contributed by atoms with Crippen LogP contribution in [0.2, 0.25) is 0 Å². The molecule has 2 unspecified atom stereocenters. The Hall–Kier alpha value is -0.220. The molecule has 16 heavy (non-hydrogen) atoms. The Morgan fingerprint density at radius 3 is 2.75 bits per heavy atom. The predicted octanol–water partition coefficient (Wildman–Crippen LogP) is 2.49. The molecule has 0 radical (unpaired) electrons. The molecule has 0 amide bonds. The molecule has 0 aliphatic heterocycles. The van der Waals surface area contributed by atoms with E-state index in [1.807, 2.05) is 11.9 Å². The smallest absolute Gasteiger partial charge is 0.251 e. The van der Waals surface area contributed by atoms with Crippen molar-refractivity contribution in [1.29, 1.82) is 0 Å². The van der Waals surface area contributed by atoms with Gasteiger partial charge in [0.2, 0.25) is 0 Å². The summed E-state index contributed by atoms with van der Waals surface area (Å²) in [6.07, 6.45) is 3.35. The summed E-state index contributed by atoms with van der Waals surface area (Å²) in [5, 5.41) is 3.50. The van der Waals surface area contributed by atoms with Crippen LogP contribution in [0.4, 0.5) is 8.78 Å². The molecule has 0 spiro atoms. The second kappa shape index (κ2) is 7.17. The highest BCUT2D eigenvalue weighted by Gasteiger charge is 2.25. The van der Waals surface area contributed by atoms with Crippen LogP contribution in [-0.2, 0) is 0 Å². The van der Waals surface area contributed by atoms with Gasteiger partial charge in [-0.15, -0.1) is 0 Å². The van der Waals surface area contributed by atoms with Crippen LogP contribution in [0.25, 0.3) is 0 Å². The molecule has 1 aliphatic rings. The van der Waals surface area contributed by atoms with Crippen LogP contribution in [0.15, 0.2) is 0 Å². The zero-order valence-electron chi connectivity index (χ0n) is 10.4. The van der Waals surface area contributed by atoms with Gasteiger partial charge in [-0.25, -0.2) is 8.78 Å². The molecule has 2 atom stereocenters. The number of hydrogen-bond acceptors (Lipinski definition) is 2. The zero-order valence-corrected chi connectivity index (χ0v) is 10.4. The van der Waals surface area contributed by atoms with Gasteiger partial charge in [0.25, 0.3) is 6.43 Å². The van der Waals surface area contributed by atoms with E-state index in [1.54, 1.807) is 0 Å². The van der Waals surface area contributed by atoms with E-state index >= 15 is 0 Å². The van der Waals surface area contributed by atoms with Gasteiger partial charge in [-0.05, 0) is 39.3 Å². The van der Waals surface area contributed by atoms with Crippen molar-refractivity contribution >= 4 is 0 Å². The molecule has 0 aromatic carbocycles. The molecule has 1 N–H and O–H groups in total. The van der Waals surface area contributed by atoms with Crippen molar-refractivity contribution in [2.24, 2.45) is 0 Å². The lowest BCUT2D eigenvalue weighted by Crippen LogP contribution is -2.44. The van der Waals surface area contributed by atoms with E-state index in [2.05, 4.69) is 12.2 Å². The minimum atomic E-state index is -2.21. The highest BCUT2D eigenvalue weighted by Crippen LogP contribution is 2.22. The molecule has 0 aromatic heterocycles. The second-order valence-electron chi connectivity index (χ2n) is 4.80. The van der Waals surface area contributed by atoms with Gasteiger partial charge in [0.05, 0.1) is 6.54 Å². The summed E-state index contributed by atoms with van der Waals surface area (Å²) in [6.45, 7) is 3.09. The molecule has 1 fully saturated rings. The number of nitrogens with zero attached hydrogens (tertiary/aromatic N) is 1. The molecule has 96 valence electrons. The van der Waals surface area contributed by atoms with Gasteiger partial charge in [0.15, 0.2) is 0 Å². The van der Waals surface area contributed by atoms with E-state index in [1.165, 1.54) is 6.42 Å². The van der Waals surface area contributed by atoms with E-state index in [0.29, 0.717) is 12.1 Å². The first-order valence-electron chi connectivity index (χ1n) is 6.35. The van der Waals surface area contributed by atoms with E-state index in [4.69, 9.17) is 0 Å². The third-order valence-corrected chi connectivity index (χ3v) is 3.38. The van der Waals surface area contributed by atoms with Gasteiger partial charge in [0.1, 0.15) is 0 Å². The number of halogens is 2. The summed E-state index contributed by atoms with van der Waals surface area (Å²) >= 11 is 0. The SMILES string of the molecule is CCCNC1CCCC(N(C)CC(F)F)C1. The minimum Gasteiger partial charge on any atom is -0.314 e. The Morgan fingerprint density at radius 2 is 2.12 bits per heavy atom. The monoisotopic (exact) mass is 234 g/mol. The molecule has 1 aliphatic carbocycles. The van der Waals surface area contributed by atoms with Crippen molar-refractivity contribution in [3.05, 3.63) is 0 Å². The molecule has 4 heteroatoms. The van der Waals surface area contributed by atoms with Crippen molar-refractivity contribution in [3.8, 4) is 0 Å². The normalized spacial score (nSPS) is 26.6. The first kappa shape index (κ1) is 13.8. The average molecular weight is 234 g/mol. The maximum atomic E-state index is 12.3. The predicted molar refractivity (Wildman–Crippen MR) is 63.0 cm³/mol. The Kier molecular flexibility index (Phi) is 6.21. The third kappa shape index (κ3) is 4.74. The summed E-state index contributed by atoms with van der Waals surface area (Å²) < 4.78 is 24.6. The standard InChI is InChI=1S/C12H24F2N2/c1-3-7-15-10-5-4-6-11(8-10)16(2)9-12(13)14/h10-12,15H,3-9H2,1-2H3. The molecule has 0 heterocycles. The van der Waals surface area contributed by atoms with Crippen molar-refractivity contribution in [2.45, 2.75) is 57.5 Å². The van der Waals surface area contributed by atoms with E-state index in [0.717, 1.165) is 32.2 Å². The van der Waals surface area contributed by atoms with Crippen LogP contribution in [0.3, 0.4) is 0 Å². The van der Waals surface area contributed by atoms with E-state index in [9.17, 15) is 8.78 Å². The lowest BCUT2D eigenvalue weighted by molar-refractivity contribution is 0.0661. The third-order valence-electron chi connectivity index (χ3n) is 3.38. The Balaban J connectivity index is 2.31. The van der Waals surface area contributed by atoms with Gasteiger partial charge < -0.3 is 5.32 Å². The van der Waals surface area contributed by atoms with Crippen LogP contribution in [0, 0.1) is 0 Å². The van der Waals surface area contributed by atoms with Gasteiger partial charge in [-0.3, -0.25) is 4.90 Å². The average Bonchev–Trinajstić information content (AvgIpc) is 2.26. The zero-order chi connectivity index (χ0) is 12.0. The van der Waals surface area contributed by atoms with Crippen molar-refractivity contribution < 1.29 is 8.78 Å². The molecule has 0 aromatic rings. The molecular weight excluding hydrogens is 210 g/mol. The molecule has 1 rings (SSSR count).